The fourth-order valence-corrected chi connectivity index (χ4v) is 1.97. The van der Waals surface area contributed by atoms with Crippen LogP contribution in [-0.2, 0) is 0 Å². The van der Waals surface area contributed by atoms with Gasteiger partial charge in [0.05, 0.1) is 6.07 Å². The van der Waals surface area contributed by atoms with E-state index in [-0.39, 0.29) is 5.54 Å². The number of piperazine rings is 1. The van der Waals surface area contributed by atoms with E-state index in [2.05, 4.69) is 28.2 Å². The molecule has 0 aromatic heterocycles. The lowest BCUT2D eigenvalue weighted by atomic mass is 9.91. The fraction of sp³-hybridized carbons (Fsp3) is 0.889. The topological polar surface area (TPSA) is 42.3 Å². The smallest absolute Gasteiger partial charge is 0.134 e. The van der Waals surface area contributed by atoms with Gasteiger partial charge in [-0.1, -0.05) is 0 Å². The fourth-order valence-electron chi connectivity index (χ4n) is 1.97. The van der Waals surface area contributed by atoms with Crippen LogP contribution in [0.1, 0.15) is 0 Å². The average Bonchev–Trinajstić information content (AvgIpc) is 2.07. The van der Waals surface area contributed by atoms with Gasteiger partial charge in [-0.15, -0.1) is 0 Å². The first-order valence-corrected chi connectivity index (χ1v) is 4.82. The lowest BCUT2D eigenvalue weighted by molar-refractivity contribution is 0.0413. The largest absolute Gasteiger partial charge is 0.311 e. The molecule has 2 aliphatic rings. The molecule has 1 N–H and O–H groups in total. The average molecular weight is 180 g/mol. The van der Waals surface area contributed by atoms with E-state index in [0.717, 1.165) is 39.3 Å². The van der Waals surface area contributed by atoms with Gasteiger partial charge in [0.2, 0.25) is 0 Å². The van der Waals surface area contributed by atoms with E-state index < -0.39 is 0 Å². The predicted molar refractivity (Wildman–Crippen MR) is 50.3 cm³/mol. The number of likely N-dealkylation sites (N-methyl/N-ethyl adjacent to an activating group) is 1. The van der Waals surface area contributed by atoms with Crippen molar-refractivity contribution in [3.05, 3.63) is 0 Å². The predicted octanol–water partition coefficient (Wildman–Crippen LogP) is -0.901. The van der Waals surface area contributed by atoms with Crippen molar-refractivity contribution < 1.29 is 0 Å². The third kappa shape index (κ3) is 1.44. The molecule has 2 fully saturated rings. The van der Waals surface area contributed by atoms with Crippen LogP contribution in [0.5, 0.6) is 0 Å². The molecule has 2 rings (SSSR count). The Balaban J connectivity index is 1.97. The second-order valence-corrected chi connectivity index (χ2v) is 4.04. The quantitative estimate of drug-likeness (QED) is 0.568. The minimum atomic E-state index is -0.179. The molecular formula is C9H16N4. The highest BCUT2D eigenvalue weighted by Gasteiger charge is 2.43. The van der Waals surface area contributed by atoms with Crippen molar-refractivity contribution in [2.24, 2.45) is 0 Å². The van der Waals surface area contributed by atoms with E-state index in [4.69, 9.17) is 5.26 Å². The second-order valence-electron chi connectivity index (χ2n) is 4.04. The summed E-state index contributed by atoms with van der Waals surface area (Å²) in [5.41, 5.74) is -0.179. The SMILES string of the molecule is CN1CCN(C2(C#N)CNC2)CC1. The Bertz CT molecular complexity index is 220. The Labute approximate surface area is 79.1 Å². The highest BCUT2D eigenvalue weighted by Crippen LogP contribution is 2.20. The summed E-state index contributed by atoms with van der Waals surface area (Å²) in [4.78, 5) is 4.64. The zero-order valence-corrected chi connectivity index (χ0v) is 8.08. The summed E-state index contributed by atoms with van der Waals surface area (Å²) in [6.45, 7) is 5.92. The van der Waals surface area contributed by atoms with Crippen LogP contribution < -0.4 is 5.32 Å². The van der Waals surface area contributed by atoms with E-state index in [0.29, 0.717) is 0 Å². The maximum Gasteiger partial charge on any atom is 0.134 e. The van der Waals surface area contributed by atoms with Crippen molar-refractivity contribution in [3.8, 4) is 6.07 Å². The lowest BCUT2D eigenvalue weighted by Crippen LogP contribution is -2.70. The van der Waals surface area contributed by atoms with Crippen molar-refractivity contribution in [1.29, 1.82) is 5.26 Å². The van der Waals surface area contributed by atoms with Gasteiger partial charge in [-0.2, -0.15) is 5.26 Å². The van der Waals surface area contributed by atoms with Crippen LogP contribution in [0.15, 0.2) is 0 Å². The second kappa shape index (κ2) is 3.26. The van der Waals surface area contributed by atoms with Crippen LogP contribution >= 0.6 is 0 Å². The van der Waals surface area contributed by atoms with Crippen LogP contribution in [-0.4, -0.2) is 61.7 Å². The molecule has 2 aliphatic heterocycles. The standard InChI is InChI=1S/C9H16N4/c1-12-2-4-13(5-3-12)9(6-10)7-11-8-9/h11H,2-5,7-8H2,1H3. The molecule has 4 nitrogen and oxygen atoms in total. The van der Waals surface area contributed by atoms with Gasteiger partial charge in [0.25, 0.3) is 0 Å². The van der Waals surface area contributed by atoms with Crippen molar-refractivity contribution in [1.82, 2.24) is 15.1 Å². The summed E-state index contributed by atoms with van der Waals surface area (Å²) in [5, 5.41) is 12.3. The Kier molecular flexibility index (Phi) is 2.24. The lowest BCUT2D eigenvalue weighted by Gasteiger charge is -2.48. The number of nitrogens with zero attached hydrogens (tertiary/aromatic N) is 3. The summed E-state index contributed by atoms with van der Waals surface area (Å²) in [7, 11) is 2.13. The van der Waals surface area contributed by atoms with Crippen LogP contribution in [0.3, 0.4) is 0 Å². The Morgan fingerprint density at radius 1 is 1.23 bits per heavy atom. The van der Waals surface area contributed by atoms with Gasteiger partial charge < -0.3 is 10.2 Å². The molecule has 0 radical (unpaired) electrons. The zero-order chi connectivity index (χ0) is 9.31. The van der Waals surface area contributed by atoms with Gasteiger partial charge in [-0.25, -0.2) is 0 Å². The molecule has 0 spiro atoms. The molecule has 13 heavy (non-hydrogen) atoms. The summed E-state index contributed by atoms with van der Waals surface area (Å²) < 4.78 is 0. The third-order valence-corrected chi connectivity index (χ3v) is 3.15. The van der Waals surface area contributed by atoms with Gasteiger partial charge in [-0.05, 0) is 7.05 Å². The number of nitrogens with one attached hydrogen (secondary N) is 1. The molecule has 0 aromatic rings. The van der Waals surface area contributed by atoms with Crippen molar-refractivity contribution in [3.63, 3.8) is 0 Å². The molecule has 0 aromatic carbocycles. The summed E-state index contributed by atoms with van der Waals surface area (Å²) >= 11 is 0. The van der Waals surface area contributed by atoms with E-state index in [1.54, 1.807) is 0 Å². The Hall–Kier alpha value is -0.630. The normalized spacial score (nSPS) is 29.2. The maximum absolute atomic E-state index is 9.11. The van der Waals surface area contributed by atoms with E-state index in [9.17, 15) is 0 Å². The van der Waals surface area contributed by atoms with Gasteiger partial charge in [0.1, 0.15) is 5.54 Å². The third-order valence-electron chi connectivity index (χ3n) is 3.15. The molecule has 0 bridgehead atoms. The summed E-state index contributed by atoms with van der Waals surface area (Å²) in [6, 6.07) is 2.44. The molecule has 72 valence electrons. The molecule has 0 atom stereocenters. The molecule has 0 amide bonds. The first-order chi connectivity index (χ1) is 6.27. The van der Waals surface area contributed by atoms with Crippen LogP contribution in [0.2, 0.25) is 0 Å². The van der Waals surface area contributed by atoms with E-state index in [1.165, 1.54) is 0 Å². The molecular weight excluding hydrogens is 164 g/mol. The first-order valence-electron chi connectivity index (χ1n) is 4.82. The first kappa shape index (κ1) is 8.95. The molecule has 4 heteroatoms. The zero-order valence-electron chi connectivity index (χ0n) is 8.08. The van der Waals surface area contributed by atoms with Crippen LogP contribution in [0.4, 0.5) is 0 Å². The number of nitriles is 1. The highest BCUT2D eigenvalue weighted by atomic mass is 15.3. The van der Waals surface area contributed by atoms with Crippen molar-refractivity contribution >= 4 is 0 Å². The number of hydrogen-bond acceptors (Lipinski definition) is 4. The van der Waals surface area contributed by atoms with Gasteiger partial charge in [0, 0.05) is 39.3 Å². The molecule has 0 unspecified atom stereocenters. The number of hydrogen-bond donors (Lipinski definition) is 1. The van der Waals surface area contributed by atoms with Gasteiger partial charge in [-0.3, -0.25) is 4.90 Å². The highest BCUT2D eigenvalue weighted by molar-refractivity contribution is 5.17. The number of rotatable bonds is 1. The van der Waals surface area contributed by atoms with Crippen molar-refractivity contribution in [2.45, 2.75) is 5.54 Å². The summed E-state index contributed by atoms with van der Waals surface area (Å²) in [5.74, 6) is 0. The monoisotopic (exact) mass is 180 g/mol. The molecule has 2 heterocycles. The van der Waals surface area contributed by atoms with E-state index >= 15 is 0 Å². The minimum absolute atomic E-state index is 0.179. The minimum Gasteiger partial charge on any atom is -0.311 e. The molecule has 0 aliphatic carbocycles. The maximum atomic E-state index is 9.11. The van der Waals surface area contributed by atoms with Crippen molar-refractivity contribution in [2.75, 3.05) is 46.3 Å². The van der Waals surface area contributed by atoms with Crippen LogP contribution in [0.25, 0.3) is 0 Å². The summed E-state index contributed by atoms with van der Waals surface area (Å²) in [6.07, 6.45) is 0. The van der Waals surface area contributed by atoms with Crippen LogP contribution in [0, 0.1) is 11.3 Å². The Morgan fingerprint density at radius 2 is 1.85 bits per heavy atom. The molecule has 2 saturated heterocycles. The molecule has 0 saturated carbocycles. The van der Waals surface area contributed by atoms with E-state index in [1.807, 2.05) is 0 Å². The Morgan fingerprint density at radius 3 is 2.23 bits per heavy atom. The van der Waals surface area contributed by atoms with Gasteiger partial charge >= 0.3 is 0 Å². The van der Waals surface area contributed by atoms with Gasteiger partial charge in [0.15, 0.2) is 0 Å².